The maximum atomic E-state index is 11.7. The lowest BCUT2D eigenvalue weighted by atomic mass is 9.77. The fourth-order valence-corrected chi connectivity index (χ4v) is 5.18. The number of hydrogen-bond acceptors (Lipinski definition) is 4. The summed E-state index contributed by atoms with van der Waals surface area (Å²) in [4.78, 5) is 33.8. The molecule has 6 nitrogen and oxygen atoms in total. The Morgan fingerprint density at radius 2 is 1.20 bits per heavy atom. The minimum atomic E-state index is -1.02. The zero-order valence-electron chi connectivity index (χ0n) is 19.1. The molecule has 2 fully saturated rings. The van der Waals surface area contributed by atoms with Crippen LogP contribution in [0.5, 0.6) is 0 Å². The van der Waals surface area contributed by atoms with Crippen LogP contribution in [0.4, 0.5) is 0 Å². The van der Waals surface area contributed by atoms with E-state index < -0.39 is 17.9 Å². The number of aromatic carboxylic acids is 2. The molecule has 0 spiro atoms. The van der Waals surface area contributed by atoms with E-state index in [9.17, 15) is 14.4 Å². The first-order valence-corrected chi connectivity index (χ1v) is 12.2. The maximum Gasteiger partial charge on any atom is 0.338 e. The number of aryl methyl sites for hydroxylation is 2. The van der Waals surface area contributed by atoms with E-state index in [2.05, 4.69) is 28.7 Å². The minimum absolute atomic E-state index is 0. The van der Waals surface area contributed by atoms with Crippen molar-refractivity contribution in [2.45, 2.75) is 79.1 Å². The van der Waals surface area contributed by atoms with Crippen molar-refractivity contribution in [1.29, 1.82) is 0 Å². The van der Waals surface area contributed by atoms with Crippen molar-refractivity contribution in [2.24, 2.45) is 0 Å². The second-order valence-electron chi connectivity index (χ2n) is 8.80. The van der Waals surface area contributed by atoms with Crippen molar-refractivity contribution in [1.82, 2.24) is 0 Å². The van der Waals surface area contributed by atoms with Gasteiger partial charge in [0.1, 0.15) is 0 Å². The Balaban J connectivity index is 0.000000336. The molecule has 7 heteroatoms. The highest BCUT2D eigenvalue weighted by Crippen LogP contribution is 2.40. The lowest BCUT2D eigenvalue weighted by molar-refractivity contribution is 0.0597. The van der Waals surface area contributed by atoms with Gasteiger partial charge in [-0.15, -0.1) is 0 Å². The second kappa shape index (κ2) is 13.0. The molecular weight excluding hydrogens is 559 g/mol. The number of rotatable bonds is 5. The highest BCUT2D eigenvalue weighted by Gasteiger charge is 2.27. The van der Waals surface area contributed by atoms with Crippen LogP contribution in [0.3, 0.4) is 0 Å². The Morgan fingerprint density at radius 1 is 0.771 bits per heavy atom. The largest absolute Gasteiger partial charge is 0.478 e. The van der Waals surface area contributed by atoms with Crippen LogP contribution in [-0.4, -0.2) is 35.2 Å². The summed E-state index contributed by atoms with van der Waals surface area (Å²) in [6.07, 6.45) is 7.07. The van der Waals surface area contributed by atoms with Crippen molar-refractivity contribution in [3.63, 3.8) is 0 Å². The number of ether oxygens (including phenoxy) is 1. The molecule has 35 heavy (non-hydrogen) atoms. The third kappa shape index (κ3) is 6.84. The average Bonchev–Trinajstić information content (AvgIpc) is 2.67. The third-order valence-electron chi connectivity index (χ3n) is 6.70. The van der Waals surface area contributed by atoms with Crippen molar-refractivity contribution in [3.05, 3.63) is 66.8 Å². The molecule has 2 aromatic rings. The highest BCUT2D eigenvalue weighted by molar-refractivity contribution is 14.1. The Morgan fingerprint density at radius 3 is 1.60 bits per heavy atom. The molecule has 0 atom stereocenters. The molecule has 0 unspecified atom stereocenters. The Labute approximate surface area is 222 Å². The molecule has 0 bridgehead atoms. The molecule has 0 heterocycles. The summed E-state index contributed by atoms with van der Waals surface area (Å²) in [5, 5.41) is 18.1. The number of carboxylic acid groups (broad SMARTS) is 2. The molecule has 4 rings (SSSR count). The molecule has 2 aliphatic carbocycles. The summed E-state index contributed by atoms with van der Waals surface area (Å²) in [6, 6.07) is 7.11. The number of benzene rings is 2. The summed E-state index contributed by atoms with van der Waals surface area (Å²) in [6.45, 7) is 3.63. The fourth-order valence-electron chi connectivity index (χ4n) is 4.27. The lowest BCUT2D eigenvalue weighted by Crippen LogP contribution is -2.16. The van der Waals surface area contributed by atoms with Crippen LogP contribution in [0.25, 0.3) is 0 Å². The predicted octanol–water partition coefficient (Wildman–Crippen LogP) is 7.58. The Bertz CT molecular complexity index is 1080. The van der Waals surface area contributed by atoms with Crippen molar-refractivity contribution >= 4 is 40.5 Å². The summed E-state index contributed by atoms with van der Waals surface area (Å²) >= 11 is 2.25. The third-order valence-corrected chi connectivity index (χ3v) is 7.63. The van der Waals surface area contributed by atoms with Gasteiger partial charge < -0.3 is 14.9 Å². The molecule has 192 valence electrons. The second-order valence-corrected chi connectivity index (χ2v) is 9.96. The van der Waals surface area contributed by atoms with Crippen LogP contribution in [0.2, 0.25) is 0 Å². The van der Waals surface area contributed by atoms with Gasteiger partial charge in [0.25, 0.3) is 0 Å². The molecule has 2 aromatic carbocycles. The van der Waals surface area contributed by atoms with Crippen molar-refractivity contribution < 1.29 is 29.3 Å². The molecule has 0 aromatic heterocycles. The van der Waals surface area contributed by atoms with Gasteiger partial charge in [0.15, 0.2) is 0 Å². The van der Waals surface area contributed by atoms with Gasteiger partial charge in [-0.3, -0.25) is 0 Å². The van der Waals surface area contributed by atoms with Crippen molar-refractivity contribution in [2.75, 3.05) is 7.11 Å². The molecule has 0 aliphatic heterocycles. The van der Waals surface area contributed by atoms with Gasteiger partial charge >= 0.3 is 17.9 Å². The van der Waals surface area contributed by atoms with Crippen LogP contribution < -0.4 is 0 Å². The lowest BCUT2D eigenvalue weighted by Gasteiger charge is -2.28. The van der Waals surface area contributed by atoms with E-state index in [0.29, 0.717) is 28.5 Å². The maximum absolute atomic E-state index is 11.7. The Kier molecular flexibility index (Phi) is 11.4. The predicted molar refractivity (Wildman–Crippen MR) is 147 cm³/mol. The molecule has 2 aliphatic rings. The van der Waals surface area contributed by atoms with Gasteiger partial charge in [-0.05, 0) is 108 Å². The molecule has 0 saturated heterocycles. The van der Waals surface area contributed by atoms with Gasteiger partial charge in [-0.1, -0.05) is 39.8 Å². The van der Waals surface area contributed by atoms with E-state index >= 15 is 0 Å². The van der Waals surface area contributed by atoms with Crippen LogP contribution in [0.15, 0.2) is 24.3 Å². The Hall–Kier alpha value is -2.42. The van der Waals surface area contributed by atoms with Crippen molar-refractivity contribution in [3.8, 4) is 0 Å². The van der Waals surface area contributed by atoms with Gasteiger partial charge in [0, 0.05) is 3.57 Å². The summed E-state index contributed by atoms with van der Waals surface area (Å²) in [5.74, 6) is -1.28. The first-order chi connectivity index (χ1) is 15.6. The standard InChI is InChI=1S/C14H16O4.C12H13IO2.2CH4/c1-8-6-11(9-4-3-5-9)12(14(17)18-2)7-10(8)13(15)16;1-7-5-10(8-3-2-4-8)11(13)6-9(7)12(14)15;;/h6-7,9H,3-5H2,1-2H3,(H,15,16);5-6,8H,2-4H2,1H3,(H,14,15);2*1H4. The van der Waals surface area contributed by atoms with E-state index in [1.807, 2.05) is 13.0 Å². The van der Waals surface area contributed by atoms with Crippen LogP contribution in [0, 0.1) is 17.4 Å². The summed E-state index contributed by atoms with van der Waals surface area (Å²) in [7, 11) is 1.31. The topological polar surface area (TPSA) is 101 Å². The molecule has 2 N–H and O–H groups in total. The number of methoxy groups -OCH3 is 1. The van der Waals surface area contributed by atoms with Gasteiger partial charge in [-0.2, -0.15) is 0 Å². The summed E-state index contributed by atoms with van der Waals surface area (Å²) < 4.78 is 5.84. The smallest absolute Gasteiger partial charge is 0.338 e. The van der Waals surface area contributed by atoms with Gasteiger partial charge in [-0.25, -0.2) is 14.4 Å². The van der Waals surface area contributed by atoms with E-state index in [-0.39, 0.29) is 20.4 Å². The number of esters is 1. The quantitative estimate of drug-likeness (QED) is 0.273. The number of halogens is 1. The molecule has 0 radical (unpaired) electrons. The van der Waals surface area contributed by atoms with E-state index in [0.717, 1.165) is 34.0 Å². The first-order valence-electron chi connectivity index (χ1n) is 11.1. The number of carboxylic acids is 2. The van der Waals surface area contributed by atoms with Gasteiger partial charge in [0.05, 0.1) is 23.8 Å². The van der Waals surface area contributed by atoms with Gasteiger partial charge in [0.2, 0.25) is 0 Å². The SMILES string of the molecule is C.C.COC(=O)c1cc(C(=O)O)c(C)cc1C1CCC1.Cc1cc(C2CCC2)c(I)cc1C(=O)O. The minimum Gasteiger partial charge on any atom is -0.478 e. The average molecular weight is 597 g/mol. The molecule has 0 amide bonds. The fraction of sp³-hybridized carbons (Fsp3) is 0.464. The number of carbonyl (C=O) groups is 3. The van der Waals surface area contributed by atoms with Crippen LogP contribution in [-0.2, 0) is 4.74 Å². The monoisotopic (exact) mass is 596 g/mol. The summed E-state index contributed by atoms with van der Waals surface area (Å²) in [5.41, 5.74) is 4.83. The highest BCUT2D eigenvalue weighted by atomic mass is 127. The van der Waals surface area contributed by atoms with E-state index in [4.69, 9.17) is 14.9 Å². The number of carbonyl (C=O) groups excluding carboxylic acids is 1. The zero-order chi connectivity index (χ0) is 24.3. The van der Waals surface area contributed by atoms with Crippen LogP contribution in [0.1, 0.15) is 119 Å². The number of hydrogen-bond donors (Lipinski definition) is 2. The molecule has 2 saturated carbocycles. The first kappa shape index (κ1) is 30.6. The van der Waals surface area contributed by atoms with Crippen LogP contribution >= 0.6 is 22.6 Å². The zero-order valence-corrected chi connectivity index (χ0v) is 21.3. The van der Waals surface area contributed by atoms with E-state index in [1.54, 1.807) is 13.0 Å². The van der Waals surface area contributed by atoms with E-state index in [1.165, 1.54) is 38.0 Å². The molecular formula is C28H37IO6. The normalized spacial score (nSPS) is 14.6.